The third-order valence-electron chi connectivity index (χ3n) is 4.34. The number of benzene rings is 2. The Morgan fingerprint density at radius 1 is 0.826 bits per heavy atom. The molecular weight excluding hydrogens is 290 g/mol. The first-order valence-corrected chi connectivity index (χ1v) is 8.23. The van der Waals surface area contributed by atoms with Gasteiger partial charge >= 0.3 is 5.97 Å². The molecular formula is C19H21NO3. The molecule has 0 aliphatic carbocycles. The Morgan fingerprint density at radius 2 is 1.43 bits per heavy atom. The number of rotatable bonds is 2. The van der Waals surface area contributed by atoms with Crippen LogP contribution < -0.4 is 5.06 Å². The van der Waals surface area contributed by atoms with E-state index in [4.69, 9.17) is 14.3 Å². The average Bonchev–Trinajstić information content (AvgIpc) is 2.84. The summed E-state index contributed by atoms with van der Waals surface area (Å²) in [7, 11) is 0. The molecule has 2 aromatic carbocycles. The Morgan fingerprint density at radius 3 is 2.09 bits per heavy atom. The van der Waals surface area contributed by atoms with Gasteiger partial charge in [0.2, 0.25) is 0 Å². The van der Waals surface area contributed by atoms with Crippen LogP contribution in [-0.4, -0.2) is 19.2 Å². The van der Waals surface area contributed by atoms with Crippen molar-refractivity contribution in [1.82, 2.24) is 0 Å². The molecule has 4 heteroatoms. The molecule has 0 radical (unpaired) electrons. The minimum absolute atomic E-state index is 0.0664. The summed E-state index contributed by atoms with van der Waals surface area (Å²) in [6.45, 7) is 1.34. The molecule has 0 bridgehead atoms. The highest BCUT2D eigenvalue weighted by molar-refractivity contribution is 5.47. The Labute approximate surface area is 136 Å². The normalized spacial score (nSPS) is 23.8. The maximum absolute atomic E-state index is 6.21. The van der Waals surface area contributed by atoms with E-state index in [2.05, 4.69) is 24.3 Å². The van der Waals surface area contributed by atoms with Crippen molar-refractivity contribution in [3.63, 3.8) is 0 Å². The van der Waals surface area contributed by atoms with E-state index in [-0.39, 0.29) is 6.04 Å². The van der Waals surface area contributed by atoms with E-state index in [0.29, 0.717) is 19.6 Å². The van der Waals surface area contributed by atoms with Gasteiger partial charge in [-0.1, -0.05) is 48.5 Å². The van der Waals surface area contributed by atoms with E-state index in [0.717, 1.165) is 18.5 Å². The molecule has 0 saturated carbocycles. The summed E-state index contributed by atoms with van der Waals surface area (Å²) in [6, 6.07) is 20.6. The van der Waals surface area contributed by atoms with E-state index in [1.165, 1.54) is 5.56 Å². The van der Waals surface area contributed by atoms with Gasteiger partial charge in [0.25, 0.3) is 0 Å². The molecule has 2 aromatic rings. The third kappa shape index (κ3) is 2.98. The molecule has 0 aromatic heterocycles. The van der Waals surface area contributed by atoms with Gasteiger partial charge in [0, 0.05) is 0 Å². The van der Waals surface area contributed by atoms with E-state index in [1.807, 2.05) is 41.5 Å². The van der Waals surface area contributed by atoms with Crippen molar-refractivity contribution < 1.29 is 14.3 Å². The molecule has 23 heavy (non-hydrogen) atoms. The minimum atomic E-state index is -0.965. The SMILES string of the molecule is c1ccc(C2CC3(OCCCCO3)ON2c2ccccc2)cc1. The molecule has 2 fully saturated rings. The number of hydrogen-bond acceptors (Lipinski definition) is 4. The standard InChI is InChI=1S/C19H21NO3/c1-3-9-16(10-4-1)18-15-19(21-13-7-8-14-22-19)23-20(18)17-11-5-2-6-12-17/h1-6,9-12,18H,7-8,13-15H2. The van der Waals surface area contributed by atoms with Gasteiger partial charge in [0.1, 0.15) is 0 Å². The molecule has 4 rings (SSSR count). The van der Waals surface area contributed by atoms with Gasteiger partial charge in [-0.05, 0) is 30.5 Å². The van der Waals surface area contributed by atoms with Crippen LogP contribution in [0, 0.1) is 0 Å². The fourth-order valence-electron chi connectivity index (χ4n) is 3.18. The first kappa shape index (κ1) is 14.7. The molecule has 0 amide bonds. The van der Waals surface area contributed by atoms with E-state index >= 15 is 0 Å². The van der Waals surface area contributed by atoms with Crippen molar-refractivity contribution in [2.24, 2.45) is 0 Å². The van der Waals surface area contributed by atoms with Crippen molar-refractivity contribution in [2.45, 2.75) is 31.3 Å². The van der Waals surface area contributed by atoms with E-state index < -0.39 is 5.97 Å². The fourth-order valence-corrected chi connectivity index (χ4v) is 3.18. The van der Waals surface area contributed by atoms with Gasteiger partial charge in [-0.3, -0.25) is 0 Å². The number of hydroxylamine groups is 1. The van der Waals surface area contributed by atoms with Gasteiger partial charge in [0.05, 0.1) is 31.4 Å². The van der Waals surface area contributed by atoms with Crippen LogP contribution in [0.25, 0.3) is 0 Å². The first-order valence-electron chi connectivity index (χ1n) is 8.23. The van der Waals surface area contributed by atoms with Crippen LogP contribution in [0.5, 0.6) is 0 Å². The van der Waals surface area contributed by atoms with Gasteiger partial charge < -0.3 is 9.47 Å². The molecule has 1 atom stereocenters. The topological polar surface area (TPSA) is 30.9 Å². The second-order valence-electron chi connectivity index (χ2n) is 5.97. The van der Waals surface area contributed by atoms with Gasteiger partial charge in [0.15, 0.2) is 0 Å². The predicted octanol–water partition coefficient (Wildman–Crippen LogP) is 4.05. The van der Waals surface area contributed by atoms with Crippen LogP contribution in [0.15, 0.2) is 60.7 Å². The van der Waals surface area contributed by atoms with Crippen molar-refractivity contribution in [2.75, 3.05) is 18.3 Å². The highest BCUT2D eigenvalue weighted by Crippen LogP contribution is 2.45. The lowest BCUT2D eigenvalue weighted by molar-refractivity contribution is -0.356. The predicted molar refractivity (Wildman–Crippen MR) is 87.7 cm³/mol. The van der Waals surface area contributed by atoms with E-state index in [9.17, 15) is 0 Å². The molecule has 4 nitrogen and oxygen atoms in total. The number of ether oxygens (including phenoxy) is 2. The van der Waals surface area contributed by atoms with E-state index in [1.54, 1.807) is 0 Å². The molecule has 2 saturated heterocycles. The fraction of sp³-hybridized carbons (Fsp3) is 0.368. The second-order valence-corrected chi connectivity index (χ2v) is 5.97. The smallest absolute Gasteiger partial charge is 0.307 e. The summed E-state index contributed by atoms with van der Waals surface area (Å²) >= 11 is 0. The molecule has 2 aliphatic heterocycles. The van der Waals surface area contributed by atoms with Crippen LogP contribution in [0.4, 0.5) is 5.69 Å². The monoisotopic (exact) mass is 311 g/mol. The summed E-state index contributed by atoms with van der Waals surface area (Å²) in [6.07, 6.45) is 2.67. The molecule has 2 heterocycles. The van der Waals surface area contributed by atoms with Gasteiger partial charge in [-0.25, -0.2) is 9.90 Å². The minimum Gasteiger partial charge on any atom is -0.326 e. The Hall–Kier alpha value is -1.88. The summed E-state index contributed by atoms with van der Waals surface area (Å²) in [5, 5.41) is 1.93. The lowest BCUT2D eigenvalue weighted by Crippen LogP contribution is -2.36. The summed E-state index contributed by atoms with van der Waals surface area (Å²) in [5.74, 6) is -0.965. The summed E-state index contributed by atoms with van der Waals surface area (Å²) in [5.41, 5.74) is 2.21. The third-order valence-corrected chi connectivity index (χ3v) is 4.34. The number of anilines is 1. The molecule has 1 unspecified atom stereocenters. The molecule has 0 N–H and O–H groups in total. The largest absolute Gasteiger partial charge is 0.326 e. The summed E-state index contributed by atoms with van der Waals surface area (Å²) < 4.78 is 11.9. The van der Waals surface area contributed by atoms with Crippen molar-refractivity contribution in [3.05, 3.63) is 66.2 Å². The van der Waals surface area contributed by atoms with Crippen LogP contribution in [-0.2, 0) is 14.3 Å². The van der Waals surface area contributed by atoms with Crippen molar-refractivity contribution >= 4 is 5.69 Å². The highest BCUT2D eigenvalue weighted by Gasteiger charge is 2.49. The summed E-state index contributed by atoms with van der Waals surface area (Å²) in [4.78, 5) is 6.21. The Kier molecular flexibility index (Phi) is 4.04. The number of para-hydroxylation sites is 1. The molecule has 120 valence electrons. The van der Waals surface area contributed by atoms with Gasteiger partial charge in [-0.15, -0.1) is 0 Å². The zero-order valence-electron chi connectivity index (χ0n) is 13.1. The lowest BCUT2D eigenvalue weighted by Gasteiger charge is -2.27. The first-order chi connectivity index (χ1) is 11.4. The number of hydrogen-bond donors (Lipinski definition) is 0. The molecule has 1 spiro atoms. The van der Waals surface area contributed by atoms with Crippen LogP contribution in [0.3, 0.4) is 0 Å². The lowest BCUT2D eigenvalue weighted by atomic mass is 10.0. The average molecular weight is 311 g/mol. The second kappa shape index (κ2) is 6.32. The van der Waals surface area contributed by atoms with Crippen LogP contribution >= 0.6 is 0 Å². The maximum Gasteiger partial charge on any atom is 0.307 e. The van der Waals surface area contributed by atoms with Crippen LogP contribution in [0.2, 0.25) is 0 Å². The zero-order chi connectivity index (χ0) is 15.5. The zero-order valence-corrected chi connectivity index (χ0v) is 13.1. The quantitative estimate of drug-likeness (QED) is 0.837. The van der Waals surface area contributed by atoms with Crippen LogP contribution in [0.1, 0.15) is 30.9 Å². The maximum atomic E-state index is 6.21. The highest BCUT2D eigenvalue weighted by atomic mass is 16.9. The number of nitrogens with zero attached hydrogens (tertiary/aromatic N) is 1. The van der Waals surface area contributed by atoms with Crippen molar-refractivity contribution in [1.29, 1.82) is 0 Å². The Bertz CT molecular complexity index is 574. The Balaban J connectivity index is 1.69. The van der Waals surface area contributed by atoms with Crippen molar-refractivity contribution in [3.8, 4) is 0 Å². The van der Waals surface area contributed by atoms with Gasteiger partial charge in [-0.2, -0.15) is 0 Å². The molecule has 2 aliphatic rings.